The summed E-state index contributed by atoms with van der Waals surface area (Å²) < 4.78 is 5.34. The van der Waals surface area contributed by atoms with Crippen LogP contribution in [0.4, 0.5) is 10.6 Å². The SMILES string of the molecule is CC(C)(C)OC(=O)N1CC(Nc2cc3ccccc3cn2)C1. The molecule has 0 saturated carbocycles. The van der Waals surface area contributed by atoms with E-state index in [1.807, 2.05) is 51.2 Å². The number of pyridine rings is 1. The summed E-state index contributed by atoms with van der Waals surface area (Å²) in [6.07, 6.45) is 1.61. The predicted molar refractivity (Wildman–Crippen MR) is 87.0 cm³/mol. The predicted octanol–water partition coefficient (Wildman–Crippen LogP) is 3.27. The largest absolute Gasteiger partial charge is 0.444 e. The minimum Gasteiger partial charge on any atom is -0.444 e. The second-order valence-corrected chi connectivity index (χ2v) is 6.64. The number of nitrogens with one attached hydrogen (secondary N) is 1. The third-order valence-electron chi connectivity index (χ3n) is 3.52. The first kappa shape index (κ1) is 14.6. The van der Waals surface area contributed by atoms with Crippen LogP contribution in [0.25, 0.3) is 10.8 Å². The third kappa shape index (κ3) is 3.30. The number of aromatic nitrogens is 1. The Kier molecular flexibility index (Phi) is 3.64. The maximum Gasteiger partial charge on any atom is 0.410 e. The molecule has 0 unspecified atom stereocenters. The normalized spacial score (nSPS) is 15.5. The molecular weight excluding hydrogens is 278 g/mol. The summed E-state index contributed by atoms with van der Waals surface area (Å²) in [7, 11) is 0. The molecule has 2 heterocycles. The number of hydrogen-bond donors (Lipinski definition) is 1. The highest BCUT2D eigenvalue weighted by Crippen LogP contribution is 2.20. The first-order chi connectivity index (χ1) is 10.4. The highest BCUT2D eigenvalue weighted by molar-refractivity contribution is 5.83. The fourth-order valence-corrected chi connectivity index (χ4v) is 2.42. The van der Waals surface area contributed by atoms with Crippen molar-refractivity contribution in [1.29, 1.82) is 0 Å². The smallest absolute Gasteiger partial charge is 0.410 e. The average Bonchev–Trinajstić information content (AvgIpc) is 2.40. The molecule has 1 aliphatic rings. The van der Waals surface area contributed by atoms with Crippen LogP contribution in [0.1, 0.15) is 20.8 Å². The Morgan fingerprint density at radius 1 is 1.27 bits per heavy atom. The Bertz CT molecular complexity index is 688. The molecule has 22 heavy (non-hydrogen) atoms. The Labute approximate surface area is 130 Å². The Morgan fingerprint density at radius 2 is 1.95 bits per heavy atom. The molecule has 1 aromatic heterocycles. The lowest BCUT2D eigenvalue weighted by atomic mass is 10.1. The number of rotatable bonds is 2. The molecule has 5 nitrogen and oxygen atoms in total. The van der Waals surface area contributed by atoms with E-state index in [0.717, 1.165) is 16.6 Å². The van der Waals surface area contributed by atoms with E-state index in [1.165, 1.54) is 0 Å². The van der Waals surface area contributed by atoms with Crippen LogP contribution >= 0.6 is 0 Å². The molecule has 0 aliphatic carbocycles. The monoisotopic (exact) mass is 299 g/mol. The van der Waals surface area contributed by atoms with E-state index in [2.05, 4.69) is 16.4 Å². The molecule has 116 valence electrons. The zero-order chi connectivity index (χ0) is 15.7. The van der Waals surface area contributed by atoms with Crippen molar-refractivity contribution in [3.63, 3.8) is 0 Å². The summed E-state index contributed by atoms with van der Waals surface area (Å²) >= 11 is 0. The van der Waals surface area contributed by atoms with Crippen LogP contribution in [0.15, 0.2) is 36.5 Å². The summed E-state index contributed by atoms with van der Waals surface area (Å²) in [5.74, 6) is 0.840. The van der Waals surface area contributed by atoms with Crippen molar-refractivity contribution in [2.75, 3.05) is 18.4 Å². The van der Waals surface area contributed by atoms with Crippen LogP contribution in [-0.4, -0.2) is 40.7 Å². The molecule has 1 N–H and O–H groups in total. The van der Waals surface area contributed by atoms with Crippen LogP contribution < -0.4 is 5.32 Å². The molecule has 5 heteroatoms. The fraction of sp³-hybridized carbons (Fsp3) is 0.412. The lowest BCUT2D eigenvalue weighted by Crippen LogP contribution is -2.58. The van der Waals surface area contributed by atoms with Crippen molar-refractivity contribution < 1.29 is 9.53 Å². The molecule has 1 fully saturated rings. The molecule has 1 aromatic carbocycles. The summed E-state index contributed by atoms with van der Waals surface area (Å²) in [6.45, 7) is 6.91. The van der Waals surface area contributed by atoms with Gasteiger partial charge < -0.3 is 15.0 Å². The number of likely N-dealkylation sites (tertiary alicyclic amines) is 1. The Hall–Kier alpha value is -2.30. The van der Waals surface area contributed by atoms with Gasteiger partial charge in [-0.05, 0) is 32.2 Å². The van der Waals surface area contributed by atoms with E-state index >= 15 is 0 Å². The zero-order valence-electron chi connectivity index (χ0n) is 13.2. The number of carbonyl (C=O) groups excluding carboxylic acids is 1. The first-order valence-electron chi connectivity index (χ1n) is 7.50. The lowest BCUT2D eigenvalue weighted by molar-refractivity contribution is 0.0104. The number of nitrogens with zero attached hydrogens (tertiary/aromatic N) is 2. The number of carbonyl (C=O) groups is 1. The van der Waals surface area contributed by atoms with Gasteiger partial charge in [0.05, 0.1) is 6.04 Å². The summed E-state index contributed by atoms with van der Waals surface area (Å²) in [5.41, 5.74) is -0.449. The molecule has 0 spiro atoms. The molecule has 0 atom stereocenters. The molecule has 0 bridgehead atoms. The third-order valence-corrected chi connectivity index (χ3v) is 3.52. The maximum absolute atomic E-state index is 11.9. The van der Waals surface area contributed by atoms with E-state index in [9.17, 15) is 4.79 Å². The van der Waals surface area contributed by atoms with Crippen LogP contribution in [0.3, 0.4) is 0 Å². The fourth-order valence-electron chi connectivity index (χ4n) is 2.42. The van der Waals surface area contributed by atoms with Gasteiger partial charge in [-0.25, -0.2) is 9.78 Å². The number of amides is 1. The van der Waals surface area contributed by atoms with Gasteiger partial charge in [-0.15, -0.1) is 0 Å². The van der Waals surface area contributed by atoms with E-state index < -0.39 is 5.60 Å². The van der Waals surface area contributed by atoms with Crippen molar-refractivity contribution in [2.45, 2.75) is 32.4 Å². The quantitative estimate of drug-likeness (QED) is 0.924. The summed E-state index contributed by atoms with van der Waals surface area (Å²) in [5, 5.41) is 5.64. The zero-order valence-corrected chi connectivity index (χ0v) is 13.2. The first-order valence-corrected chi connectivity index (χ1v) is 7.50. The number of ether oxygens (including phenoxy) is 1. The standard InChI is InChI=1S/C17H21N3O2/c1-17(2,3)22-16(21)20-10-14(11-20)19-15-8-12-6-4-5-7-13(12)9-18-15/h4-9,14H,10-11H2,1-3H3,(H,18,19). The van der Waals surface area contributed by atoms with Crippen LogP contribution in [-0.2, 0) is 4.74 Å². The molecule has 0 radical (unpaired) electrons. The van der Waals surface area contributed by atoms with Crippen molar-refractivity contribution in [2.24, 2.45) is 0 Å². The molecule has 2 aromatic rings. The van der Waals surface area contributed by atoms with E-state index in [0.29, 0.717) is 13.1 Å². The van der Waals surface area contributed by atoms with E-state index in [1.54, 1.807) is 4.90 Å². The molecule has 3 rings (SSSR count). The molecule has 1 saturated heterocycles. The second-order valence-electron chi connectivity index (χ2n) is 6.64. The van der Waals surface area contributed by atoms with Crippen molar-refractivity contribution in [3.8, 4) is 0 Å². The Morgan fingerprint density at radius 3 is 2.64 bits per heavy atom. The van der Waals surface area contributed by atoms with Gasteiger partial charge in [0.1, 0.15) is 11.4 Å². The van der Waals surface area contributed by atoms with Gasteiger partial charge in [0.2, 0.25) is 0 Å². The van der Waals surface area contributed by atoms with Crippen molar-refractivity contribution >= 4 is 22.7 Å². The lowest BCUT2D eigenvalue weighted by Gasteiger charge is -2.40. The van der Waals surface area contributed by atoms with E-state index in [4.69, 9.17) is 4.74 Å². The average molecular weight is 299 g/mol. The summed E-state index contributed by atoms with van der Waals surface area (Å²) in [6, 6.07) is 10.4. The van der Waals surface area contributed by atoms with Crippen molar-refractivity contribution in [1.82, 2.24) is 9.88 Å². The van der Waals surface area contributed by atoms with Gasteiger partial charge in [0, 0.05) is 24.7 Å². The number of anilines is 1. The Balaban J connectivity index is 1.56. The highest BCUT2D eigenvalue weighted by atomic mass is 16.6. The van der Waals surface area contributed by atoms with Gasteiger partial charge in [-0.3, -0.25) is 0 Å². The van der Waals surface area contributed by atoms with Gasteiger partial charge in [0.25, 0.3) is 0 Å². The van der Waals surface area contributed by atoms with E-state index in [-0.39, 0.29) is 12.1 Å². The van der Waals surface area contributed by atoms with Gasteiger partial charge in [0.15, 0.2) is 0 Å². The van der Waals surface area contributed by atoms with Gasteiger partial charge in [-0.2, -0.15) is 0 Å². The van der Waals surface area contributed by atoms with Crippen LogP contribution in [0.5, 0.6) is 0 Å². The molecule has 1 amide bonds. The number of hydrogen-bond acceptors (Lipinski definition) is 4. The molecular formula is C17H21N3O2. The highest BCUT2D eigenvalue weighted by Gasteiger charge is 2.33. The molecule has 1 aliphatic heterocycles. The van der Waals surface area contributed by atoms with Gasteiger partial charge >= 0.3 is 6.09 Å². The minimum atomic E-state index is -0.449. The maximum atomic E-state index is 11.9. The summed E-state index contributed by atoms with van der Waals surface area (Å²) in [4.78, 5) is 18.0. The number of fused-ring (bicyclic) bond motifs is 1. The van der Waals surface area contributed by atoms with Crippen molar-refractivity contribution in [3.05, 3.63) is 36.5 Å². The van der Waals surface area contributed by atoms with Crippen LogP contribution in [0.2, 0.25) is 0 Å². The number of benzene rings is 1. The second kappa shape index (κ2) is 5.48. The minimum absolute atomic E-state index is 0.223. The topological polar surface area (TPSA) is 54.5 Å². The van der Waals surface area contributed by atoms with Gasteiger partial charge in [-0.1, -0.05) is 24.3 Å². The van der Waals surface area contributed by atoms with Crippen LogP contribution in [0, 0.1) is 0 Å².